The molecule has 1 aromatic rings. The molecule has 0 aromatic heterocycles. The van der Waals surface area contributed by atoms with Crippen molar-refractivity contribution in [1.29, 1.82) is 0 Å². The Hall–Kier alpha value is -0.590. The Kier molecular flexibility index (Phi) is 6.48. The molecule has 0 radical (unpaired) electrons. The quantitative estimate of drug-likeness (QED) is 0.747. The van der Waals surface area contributed by atoms with E-state index in [0.29, 0.717) is 19.7 Å². The highest BCUT2D eigenvalue weighted by Crippen LogP contribution is 2.26. The zero-order valence-electron chi connectivity index (χ0n) is 12.4. The molecule has 0 heterocycles. The summed E-state index contributed by atoms with van der Waals surface area (Å²) in [6.07, 6.45) is 0. The fourth-order valence-electron chi connectivity index (χ4n) is 1.93. The lowest BCUT2D eigenvalue weighted by Gasteiger charge is -2.19. The van der Waals surface area contributed by atoms with Gasteiger partial charge in [-0.25, -0.2) is 8.42 Å². The highest BCUT2D eigenvalue weighted by molar-refractivity contribution is 9.10. The van der Waals surface area contributed by atoms with Crippen molar-refractivity contribution in [3.05, 3.63) is 27.7 Å². The molecule has 0 amide bonds. The second-order valence-electron chi connectivity index (χ2n) is 4.61. The van der Waals surface area contributed by atoms with Crippen LogP contribution in [0.15, 0.2) is 16.6 Å². The van der Waals surface area contributed by atoms with E-state index in [1.807, 2.05) is 32.9 Å². The first-order valence-corrected chi connectivity index (χ1v) is 9.09. The lowest BCUT2D eigenvalue weighted by atomic mass is 10.1. The fourth-order valence-corrected chi connectivity index (χ4v) is 3.27. The predicted molar refractivity (Wildman–Crippen MR) is 85.8 cm³/mol. The van der Waals surface area contributed by atoms with Gasteiger partial charge in [0.05, 0.1) is 5.75 Å². The van der Waals surface area contributed by atoms with E-state index >= 15 is 0 Å². The van der Waals surface area contributed by atoms with E-state index in [0.717, 1.165) is 21.3 Å². The molecule has 6 heteroatoms. The van der Waals surface area contributed by atoms with Crippen molar-refractivity contribution in [3.8, 4) is 5.75 Å². The van der Waals surface area contributed by atoms with Crippen molar-refractivity contribution in [2.45, 2.75) is 27.7 Å². The molecule has 20 heavy (non-hydrogen) atoms. The van der Waals surface area contributed by atoms with E-state index in [9.17, 15) is 8.42 Å². The number of benzene rings is 1. The molecule has 0 unspecified atom stereocenters. The molecular formula is C14H22BrNO3S. The van der Waals surface area contributed by atoms with Crippen LogP contribution in [0.4, 0.5) is 0 Å². The molecule has 0 aliphatic carbocycles. The molecule has 1 aromatic carbocycles. The maximum Gasteiger partial charge on any atom is 0.213 e. The summed E-state index contributed by atoms with van der Waals surface area (Å²) in [6, 6.07) is 3.89. The van der Waals surface area contributed by atoms with Crippen LogP contribution in [0.3, 0.4) is 0 Å². The van der Waals surface area contributed by atoms with E-state index in [-0.39, 0.29) is 5.75 Å². The van der Waals surface area contributed by atoms with E-state index < -0.39 is 10.0 Å². The van der Waals surface area contributed by atoms with Crippen molar-refractivity contribution < 1.29 is 13.2 Å². The Morgan fingerprint density at radius 1 is 1.20 bits per heavy atom. The minimum Gasteiger partial charge on any atom is -0.492 e. The Labute approximate surface area is 130 Å². The van der Waals surface area contributed by atoms with Crippen LogP contribution in [-0.4, -0.2) is 38.2 Å². The zero-order chi connectivity index (χ0) is 15.3. The van der Waals surface area contributed by atoms with Gasteiger partial charge in [0.25, 0.3) is 0 Å². The first-order chi connectivity index (χ1) is 9.31. The number of hydrogen-bond acceptors (Lipinski definition) is 3. The van der Waals surface area contributed by atoms with Gasteiger partial charge in [0.1, 0.15) is 12.4 Å². The van der Waals surface area contributed by atoms with Gasteiger partial charge >= 0.3 is 0 Å². The SMILES string of the molecule is CCN(CCOc1cc(C)c(Br)c(C)c1)S(=O)(=O)CC. The average molecular weight is 364 g/mol. The largest absolute Gasteiger partial charge is 0.492 e. The summed E-state index contributed by atoms with van der Waals surface area (Å²) in [7, 11) is -3.14. The monoisotopic (exact) mass is 363 g/mol. The zero-order valence-corrected chi connectivity index (χ0v) is 14.8. The van der Waals surface area contributed by atoms with Gasteiger partial charge in [-0.1, -0.05) is 22.9 Å². The minimum atomic E-state index is -3.14. The number of halogens is 1. The van der Waals surface area contributed by atoms with E-state index in [1.165, 1.54) is 4.31 Å². The minimum absolute atomic E-state index is 0.122. The van der Waals surface area contributed by atoms with Gasteiger partial charge in [0.2, 0.25) is 10.0 Å². The van der Waals surface area contributed by atoms with Crippen LogP contribution in [0, 0.1) is 13.8 Å². The average Bonchev–Trinajstić information content (AvgIpc) is 2.40. The molecule has 4 nitrogen and oxygen atoms in total. The van der Waals surface area contributed by atoms with Crippen molar-refractivity contribution in [2.75, 3.05) is 25.4 Å². The second kappa shape index (κ2) is 7.43. The van der Waals surface area contributed by atoms with Crippen LogP contribution in [0.1, 0.15) is 25.0 Å². The van der Waals surface area contributed by atoms with E-state index in [2.05, 4.69) is 15.9 Å². The summed E-state index contributed by atoms with van der Waals surface area (Å²) in [5, 5.41) is 0. The number of hydrogen-bond donors (Lipinski definition) is 0. The van der Waals surface area contributed by atoms with Gasteiger partial charge in [-0.3, -0.25) is 0 Å². The number of aryl methyl sites for hydroxylation is 2. The topological polar surface area (TPSA) is 46.6 Å². The molecule has 114 valence electrons. The smallest absolute Gasteiger partial charge is 0.213 e. The van der Waals surface area contributed by atoms with E-state index in [1.54, 1.807) is 6.92 Å². The van der Waals surface area contributed by atoms with Crippen LogP contribution < -0.4 is 4.74 Å². The number of ether oxygens (including phenoxy) is 1. The first kappa shape index (κ1) is 17.5. The Morgan fingerprint density at radius 2 is 1.75 bits per heavy atom. The molecule has 0 spiro atoms. The number of rotatable bonds is 7. The lowest BCUT2D eigenvalue weighted by molar-refractivity contribution is 0.276. The van der Waals surface area contributed by atoms with Gasteiger partial charge in [-0.2, -0.15) is 4.31 Å². The van der Waals surface area contributed by atoms with Crippen LogP contribution in [-0.2, 0) is 10.0 Å². The van der Waals surface area contributed by atoms with Crippen LogP contribution in [0.2, 0.25) is 0 Å². The van der Waals surface area contributed by atoms with Gasteiger partial charge in [0, 0.05) is 17.6 Å². The van der Waals surface area contributed by atoms with Gasteiger partial charge < -0.3 is 4.74 Å². The highest BCUT2D eigenvalue weighted by Gasteiger charge is 2.17. The molecule has 0 saturated heterocycles. The summed E-state index contributed by atoms with van der Waals surface area (Å²) in [5.74, 6) is 0.894. The summed E-state index contributed by atoms with van der Waals surface area (Å²) in [5.41, 5.74) is 2.21. The van der Waals surface area contributed by atoms with Gasteiger partial charge in [0.15, 0.2) is 0 Å². The normalized spacial score (nSPS) is 11.9. The molecule has 0 atom stereocenters. The Morgan fingerprint density at radius 3 is 2.20 bits per heavy atom. The van der Waals surface area contributed by atoms with Crippen molar-refractivity contribution in [1.82, 2.24) is 4.31 Å². The third-order valence-corrected chi connectivity index (χ3v) is 6.34. The standard InChI is InChI=1S/C14H22BrNO3S/c1-5-16(20(17,18)6-2)7-8-19-13-9-11(3)14(15)12(4)10-13/h9-10H,5-8H2,1-4H3. The molecule has 0 aliphatic heterocycles. The third kappa shape index (κ3) is 4.46. The fraction of sp³-hybridized carbons (Fsp3) is 0.571. The summed E-state index contributed by atoms with van der Waals surface area (Å²) in [4.78, 5) is 0. The van der Waals surface area contributed by atoms with Crippen LogP contribution in [0.5, 0.6) is 5.75 Å². The molecule has 0 aliphatic rings. The second-order valence-corrected chi connectivity index (χ2v) is 7.66. The Balaban J connectivity index is 2.65. The third-order valence-electron chi connectivity index (χ3n) is 3.13. The first-order valence-electron chi connectivity index (χ1n) is 6.69. The molecule has 0 fully saturated rings. The summed E-state index contributed by atoms with van der Waals surface area (Å²) >= 11 is 3.51. The van der Waals surface area contributed by atoms with Crippen LogP contribution >= 0.6 is 15.9 Å². The van der Waals surface area contributed by atoms with Gasteiger partial charge in [-0.05, 0) is 44.0 Å². The maximum absolute atomic E-state index is 11.8. The van der Waals surface area contributed by atoms with Gasteiger partial charge in [-0.15, -0.1) is 0 Å². The number of nitrogens with zero attached hydrogens (tertiary/aromatic N) is 1. The van der Waals surface area contributed by atoms with Crippen molar-refractivity contribution >= 4 is 26.0 Å². The number of likely N-dealkylation sites (N-methyl/N-ethyl adjacent to an activating group) is 1. The van der Waals surface area contributed by atoms with Crippen molar-refractivity contribution in [2.24, 2.45) is 0 Å². The maximum atomic E-state index is 11.8. The van der Waals surface area contributed by atoms with E-state index in [4.69, 9.17) is 4.74 Å². The molecular weight excluding hydrogens is 342 g/mol. The van der Waals surface area contributed by atoms with Crippen LogP contribution in [0.25, 0.3) is 0 Å². The summed E-state index contributed by atoms with van der Waals surface area (Å²) < 4.78 is 31.8. The molecule has 0 bridgehead atoms. The Bertz CT molecular complexity index is 535. The van der Waals surface area contributed by atoms with Crippen molar-refractivity contribution in [3.63, 3.8) is 0 Å². The highest BCUT2D eigenvalue weighted by atomic mass is 79.9. The number of sulfonamides is 1. The predicted octanol–water partition coefficient (Wildman–Crippen LogP) is 3.12. The lowest BCUT2D eigenvalue weighted by Crippen LogP contribution is -2.35. The molecule has 0 N–H and O–H groups in total. The molecule has 1 rings (SSSR count). The molecule has 0 saturated carbocycles. The summed E-state index contributed by atoms with van der Waals surface area (Å²) in [6.45, 7) is 8.70.